The fourth-order valence-electron chi connectivity index (χ4n) is 3.44. The molecule has 5 nitrogen and oxygen atoms in total. The third-order valence-electron chi connectivity index (χ3n) is 5.35. The van der Waals surface area contributed by atoms with Crippen molar-refractivity contribution in [2.45, 2.75) is 65.5 Å². The van der Waals surface area contributed by atoms with Crippen molar-refractivity contribution >= 4 is 11.9 Å². The van der Waals surface area contributed by atoms with Gasteiger partial charge in [-0.25, -0.2) is 0 Å². The summed E-state index contributed by atoms with van der Waals surface area (Å²) in [5.41, 5.74) is 2.41. The van der Waals surface area contributed by atoms with Gasteiger partial charge in [0.15, 0.2) is 5.96 Å². The second-order valence-electron chi connectivity index (χ2n) is 7.46. The number of benzene rings is 1. The molecule has 1 heterocycles. The molecule has 0 radical (unpaired) electrons. The minimum Gasteiger partial charge on any atom is -0.356 e. The number of hydrogen-bond acceptors (Lipinski definition) is 2. The van der Waals surface area contributed by atoms with Gasteiger partial charge in [0.1, 0.15) is 0 Å². The summed E-state index contributed by atoms with van der Waals surface area (Å²) >= 11 is 0. The molecule has 1 aliphatic rings. The van der Waals surface area contributed by atoms with Gasteiger partial charge in [0.05, 0.1) is 0 Å². The Bertz CT molecular complexity index is 597. The normalized spacial score (nSPS) is 15.9. The summed E-state index contributed by atoms with van der Waals surface area (Å²) in [6.45, 7) is 7.84. The molecule has 1 aromatic rings. The molecule has 1 unspecified atom stereocenters. The second kappa shape index (κ2) is 11.6. The van der Waals surface area contributed by atoms with E-state index in [-0.39, 0.29) is 5.91 Å². The molecule has 27 heavy (non-hydrogen) atoms. The zero-order valence-corrected chi connectivity index (χ0v) is 17.3. The number of carbonyl (C=O) groups is 1. The van der Waals surface area contributed by atoms with Crippen LogP contribution in [0.15, 0.2) is 29.3 Å². The van der Waals surface area contributed by atoms with E-state index in [1.165, 1.54) is 36.8 Å². The van der Waals surface area contributed by atoms with Crippen LogP contribution in [0.25, 0.3) is 0 Å². The number of rotatable bonds is 10. The first kappa shape index (κ1) is 21.3. The van der Waals surface area contributed by atoms with E-state index in [0.717, 1.165) is 38.6 Å². The van der Waals surface area contributed by atoms with Crippen LogP contribution < -0.4 is 10.6 Å². The maximum atomic E-state index is 11.7. The number of carbonyl (C=O) groups excluding carboxylic acids is 1. The molecule has 0 aliphatic carbocycles. The Morgan fingerprint density at radius 1 is 1.19 bits per heavy atom. The van der Waals surface area contributed by atoms with E-state index in [2.05, 4.69) is 53.7 Å². The molecular weight excluding hydrogens is 336 g/mol. The maximum absolute atomic E-state index is 11.7. The molecule has 2 rings (SSSR count). The summed E-state index contributed by atoms with van der Waals surface area (Å²) in [5.74, 6) is 1.84. The van der Waals surface area contributed by atoms with Crippen LogP contribution in [0.4, 0.5) is 0 Å². The molecule has 0 aromatic heterocycles. The van der Waals surface area contributed by atoms with Crippen LogP contribution in [0, 0.1) is 5.92 Å². The zero-order valence-electron chi connectivity index (χ0n) is 17.3. The summed E-state index contributed by atoms with van der Waals surface area (Å²) in [6.07, 6.45) is 6.71. The number of nitrogens with zero attached hydrogens (tertiary/aromatic N) is 2. The van der Waals surface area contributed by atoms with E-state index >= 15 is 0 Å². The van der Waals surface area contributed by atoms with Crippen molar-refractivity contribution < 1.29 is 4.79 Å². The number of aliphatic imine (C=N–C) groups is 1. The van der Waals surface area contributed by atoms with Gasteiger partial charge in [-0.1, -0.05) is 57.4 Å². The van der Waals surface area contributed by atoms with Crippen LogP contribution >= 0.6 is 0 Å². The van der Waals surface area contributed by atoms with Gasteiger partial charge in [-0.15, -0.1) is 0 Å². The molecule has 1 aromatic carbocycles. The Kier molecular flexibility index (Phi) is 9.16. The summed E-state index contributed by atoms with van der Waals surface area (Å²) < 4.78 is 0. The summed E-state index contributed by atoms with van der Waals surface area (Å²) in [7, 11) is 1.82. The minimum atomic E-state index is 0.278. The van der Waals surface area contributed by atoms with Gasteiger partial charge in [-0.3, -0.25) is 9.79 Å². The highest BCUT2D eigenvalue weighted by molar-refractivity contribution is 5.79. The summed E-state index contributed by atoms with van der Waals surface area (Å²) in [4.78, 5) is 18.0. The van der Waals surface area contributed by atoms with Crippen molar-refractivity contribution in [3.05, 3.63) is 35.4 Å². The average molecular weight is 373 g/mol. The zero-order chi connectivity index (χ0) is 19.5. The van der Waals surface area contributed by atoms with Crippen LogP contribution in [0.5, 0.6) is 0 Å². The topological polar surface area (TPSA) is 56.7 Å². The summed E-state index contributed by atoms with van der Waals surface area (Å²) in [6, 6.07) is 8.51. The number of amides is 1. The number of nitrogens with one attached hydrogen (secondary N) is 2. The molecule has 1 fully saturated rings. The number of guanidine groups is 1. The SMILES string of the molecule is CCCCC(CC)CNC(=NC)NCc1ccc(CN2CCCC2=O)cc1. The van der Waals surface area contributed by atoms with Crippen molar-refractivity contribution in [2.75, 3.05) is 20.1 Å². The van der Waals surface area contributed by atoms with E-state index in [4.69, 9.17) is 0 Å². The van der Waals surface area contributed by atoms with Crippen LogP contribution in [-0.4, -0.2) is 36.9 Å². The van der Waals surface area contributed by atoms with Gasteiger partial charge >= 0.3 is 0 Å². The smallest absolute Gasteiger partial charge is 0.222 e. The van der Waals surface area contributed by atoms with E-state index in [1.807, 2.05) is 11.9 Å². The van der Waals surface area contributed by atoms with E-state index < -0.39 is 0 Å². The molecule has 5 heteroatoms. The van der Waals surface area contributed by atoms with Gasteiger partial charge < -0.3 is 15.5 Å². The largest absolute Gasteiger partial charge is 0.356 e. The van der Waals surface area contributed by atoms with Crippen molar-refractivity contribution in [1.82, 2.24) is 15.5 Å². The standard InChI is InChI=1S/C22H36N4O/c1-4-6-8-18(5-2)15-24-22(23-3)25-16-19-10-12-20(13-11-19)17-26-14-7-9-21(26)27/h10-13,18H,4-9,14-17H2,1-3H3,(H2,23,24,25). The van der Waals surface area contributed by atoms with Crippen LogP contribution in [0.3, 0.4) is 0 Å². The van der Waals surface area contributed by atoms with Gasteiger partial charge in [-0.2, -0.15) is 0 Å². The Hall–Kier alpha value is -2.04. The van der Waals surface area contributed by atoms with E-state index in [0.29, 0.717) is 12.3 Å². The van der Waals surface area contributed by atoms with Crippen molar-refractivity contribution in [3.8, 4) is 0 Å². The highest BCUT2D eigenvalue weighted by atomic mass is 16.2. The Labute approximate surface area is 164 Å². The molecule has 0 spiro atoms. The highest BCUT2D eigenvalue weighted by Crippen LogP contribution is 2.15. The maximum Gasteiger partial charge on any atom is 0.222 e. The minimum absolute atomic E-state index is 0.278. The Morgan fingerprint density at radius 2 is 1.93 bits per heavy atom. The van der Waals surface area contributed by atoms with Crippen molar-refractivity contribution in [3.63, 3.8) is 0 Å². The molecule has 150 valence electrons. The van der Waals surface area contributed by atoms with Gasteiger partial charge in [0, 0.05) is 39.6 Å². The molecule has 1 atom stereocenters. The Balaban J connectivity index is 1.76. The first-order valence-corrected chi connectivity index (χ1v) is 10.5. The number of likely N-dealkylation sites (tertiary alicyclic amines) is 1. The van der Waals surface area contributed by atoms with Crippen LogP contribution in [0.1, 0.15) is 63.5 Å². The average Bonchev–Trinajstić information content (AvgIpc) is 3.10. The van der Waals surface area contributed by atoms with Crippen LogP contribution in [0.2, 0.25) is 0 Å². The fourth-order valence-corrected chi connectivity index (χ4v) is 3.44. The predicted octanol–water partition coefficient (Wildman–Crippen LogP) is 3.69. The molecule has 1 amide bonds. The lowest BCUT2D eigenvalue weighted by Gasteiger charge is -2.18. The molecular formula is C22H36N4O. The molecule has 1 saturated heterocycles. The summed E-state index contributed by atoms with van der Waals surface area (Å²) in [5, 5.41) is 6.85. The van der Waals surface area contributed by atoms with Gasteiger partial charge in [0.2, 0.25) is 5.91 Å². The second-order valence-corrected chi connectivity index (χ2v) is 7.46. The highest BCUT2D eigenvalue weighted by Gasteiger charge is 2.19. The molecule has 2 N–H and O–H groups in total. The lowest BCUT2D eigenvalue weighted by molar-refractivity contribution is -0.128. The number of unbranched alkanes of at least 4 members (excludes halogenated alkanes) is 1. The van der Waals surface area contributed by atoms with Crippen LogP contribution in [-0.2, 0) is 17.9 Å². The quantitative estimate of drug-likeness (QED) is 0.486. The van der Waals surface area contributed by atoms with E-state index in [9.17, 15) is 4.79 Å². The predicted molar refractivity (Wildman–Crippen MR) is 113 cm³/mol. The van der Waals surface area contributed by atoms with Crippen molar-refractivity contribution in [2.24, 2.45) is 10.9 Å². The number of hydrogen-bond donors (Lipinski definition) is 2. The third-order valence-corrected chi connectivity index (χ3v) is 5.35. The van der Waals surface area contributed by atoms with Crippen molar-refractivity contribution in [1.29, 1.82) is 0 Å². The molecule has 0 bridgehead atoms. The Morgan fingerprint density at radius 3 is 2.52 bits per heavy atom. The lowest BCUT2D eigenvalue weighted by atomic mass is 9.99. The first-order chi connectivity index (χ1) is 13.2. The molecule has 1 aliphatic heterocycles. The van der Waals surface area contributed by atoms with Gasteiger partial charge in [-0.05, 0) is 29.9 Å². The third kappa shape index (κ3) is 7.24. The first-order valence-electron chi connectivity index (χ1n) is 10.5. The monoisotopic (exact) mass is 372 g/mol. The molecule has 0 saturated carbocycles. The van der Waals surface area contributed by atoms with Gasteiger partial charge in [0.25, 0.3) is 0 Å². The van der Waals surface area contributed by atoms with E-state index in [1.54, 1.807) is 0 Å². The fraction of sp³-hybridized carbons (Fsp3) is 0.636. The lowest BCUT2D eigenvalue weighted by Crippen LogP contribution is -2.39.